The topological polar surface area (TPSA) is 86.9 Å². The van der Waals surface area contributed by atoms with Gasteiger partial charge in [-0.05, 0) is 42.7 Å². The van der Waals surface area contributed by atoms with E-state index in [1.165, 1.54) is 22.5 Å². The van der Waals surface area contributed by atoms with E-state index in [1.54, 1.807) is 6.07 Å². The van der Waals surface area contributed by atoms with Gasteiger partial charge in [-0.2, -0.15) is 0 Å². The lowest BCUT2D eigenvalue weighted by Gasteiger charge is -2.09. The number of nitrogens with zero attached hydrogens (tertiary/aromatic N) is 3. The quantitative estimate of drug-likeness (QED) is 0.305. The third-order valence-corrected chi connectivity index (χ3v) is 5.97. The van der Waals surface area contributed by atoms with Gasteiger partial charge in [0.1, 0.15) is 5.58 Å². The number of hydrogen-bond acceptors (Lipinski definition) is 6. The summed E-state index contributed by atoms with van der Waals surface area (Å²) < 4.78 is 6.84. The summed E-state index contributed by atoms with van der Waals surface area (Å²) in [5.41, 5.74) is 3.86. The minimum atomic E-state index is -0.372. The highest BCUT2D eigenvalue weighted by Crippen LogP contribution is 2.30. The fourth-order valence-electron chi connectivity index (χ4n) is 2.99. The Bertz CT molecular complexity index is 1250. The summed E-state index contributed by atoms with van der Waals surface area (Å²) in [4.78, 5) is 12.0. The van der Waals surface area contributed by atoms with E-state index < -0.39 is 0 Å². The van der Waals surface area contributed by atoms with Crippen LogP contribution in [-0.2, 0) is 5.75 Å². The molecule has 0 atom stereocenters. The van der Waals surface area contributed by atoms with Crippen molar-refractivity contribution >= 4 is 34.3 Å². The van der Waals surface area contributed by atoms with Crippen LogP contribution in [0.5, 0.6) is 0 Å². The van der Waals surface area contributed by atoms with Crippen molar-refractivity contribution in [2.45, 2.75) is 24.8 Å². The van der Waals surface area contributed by atoms with E-state index in [4.69, 9.17) is 21.9 Å². The molecule has 0 unspecified atom stereocenters. The molecule has 0 fully saturated rings. The first-order valence-electron chi connectivity index (χ1n) is 8.57. The van der Waals surface area contributed by atoms with Crippen molar-refractivity contribution in [3.8, 4) is 11.4 Å². The van der Waals surface area contributed by atoms with Gasteiger partial charge in [-0.15, -0.1) is 10.2 Å². The number of halogens is 1. The summed E-state index contributed by atoms with van der Waals surface area (Å²) in [5, 5.41) is 10.3. The normalized spacial score (nSPS) is 11.2. The van der Waals surface area contributed by atoms with Gasteiger partial charge in [0.25, 0.3) is 0 Å². The smallest absolute Gasteiger partial charge is 0.336 e. The van der Waals surface area contributed by atoms with Crippen molar-refractivity contribution in [2.24, 2.45) is 0 Å². The minimum absolute atomic E-state index is 0.372. The maximum atomic E-state index is 12.0. The molecule has 0 bridgehead atoms. The molecule has 0 saturated heterocycles. The van der Waals surface area contributed by atoms with E-state index >= 15 is 0 Å². The number of rotatable bonds is 4. The average Bonchev–Trinajstić information content (AvgIpc) is 3.04. The third-order valence-electron chi connectivity index (χ3n) is 4.65. The number of nitrogen functional groups attached to an aromatic ring is 1. The highest BCUT2D eigenvalue weighted by atomic mass is 35.5. The molecule has 0 spiro atoms. The van der Waals surface area contributed by atoms with Crippen molar-refractivity contribution in [1.82, 2.24) is 14.9 Å². The fraction of sp³-hybridized carbons (Fsp3) is 0.150. The molecule has 2 aromatic carbocycles. The lowest BCUT2D eigenvalue weighted by Crippen LogP contribution is -2.11. The Kier molecular flexibility index (Phi) is 4.87. The molecule has 2 heterocycles. The van der Waals surface area contributed by atoms with Gasteiger partial charge in [0.05, 0.1) is 5.02 Å². The van der Waals surface area contributed by atoms with Crippen molar-refractivity contribution in [3.63, 3.8) is 0 Å². The molecule has 2 N–H and O–H groups in total. The molecule has 6 nitrogen and oxygen atoms in total. The first-order valence-corrected chi connectivity index (χ1v) is 9.93. The summed E-state index contributed by atoms with van der Waals surface area (Å²) >= 11 is 7.63. The third kappa shape index (κ3) is 3.27. The Morgan fingerprint density at radius 3 is 2.75 bits per heavy atom. The van der Waals surface area contributed by atoms with E-state index in [0.29, 0.717) is 32.9 Å². The zero-order valence-corrected chi connectivity index (χ0v) is 16.8. The zero-order chi connectivity index (χ0) is 19.8. The number of hydrogen-bond donors (Lipinski definition) is 1. The molecule has 8 heteroatoms. The SMILES string of the molecule is Cc1ccc2c(CSc3nnc(-c4ccccc4Cl)n3N)cc(=O)oc2c1C. The second kappa shape index (κ2) is 7.33. The first-order chi connectivity index (χ1) is 13.5. The monoisotopic (exact) mass is 412 g/mol. The van der Waals surface area contributed by atoms with Gasteiger partial charge in [0.15, 0.2) is 5.82 Å². The van der Waals surface area contributed by atoms with Gasteiger partial charge in [-0.3, -0.25) is 0 Å². The lowest BCUT2D eigenvalue weighted by atomic mass is 10.0. The van der Waals surface area contributed by atoms with Crippen LogP contribution in [0.3, 0.4) is 0 Å². The number of benzene rings is 2. The molecule has 2 aromatic heterocycles. The molecule has 0 aliphatic carbocycles. The minimum Gasteiger partial charge on any atom is -0.422 e. The van der Waals surface area contributed by atoms with E-state index in [2.05, 4.69) is 10.2 Å². The van der Waals surface area contributed by atoms with E-state index in [0.717, 1.165) is 22.1 Å². The fourth-order valence-corrected chi connectivity index (χ4v) is 4.06. The van der Waals surface area contributed by atoms with E-state index in [9.17, 15) is 4.79 Å². The van der Waals surface area contributed by atoms with Crippen LogP contribution in [0.1, 0.15) is 16.7 Å². The molecular weight excluding hydrogens is 396 g/mol. The van der Waals surface area contributed by atoms with Gasteiger partial charge in [0.2, 0.25) is 5.16 Å². The molecule has 0 amide bonds. The number of thioether (sulfide) groups is 1. The van der Waals surface area contributed by atoms with Gasteiger partial charge in [-0.25, -0.2) is 9.47 Å². The van der Waals surface area contributed by atoms with Crippen LogP contribution in [0.15, 0.2) is 56.8 Å². The molecule has 28 heavy (non-hydrogen) atoms. The van der Waals surface area contributed by atoms with Crippen LogP contribution in [0.4, 0.5) is 0 Å². The average molecular weight is 413 g/mol. The number of aryl methyl sites for hydroxylation is 2. The van der Waals surface area contributed by atoms with Gasteiger partial charge >= 0.3 is 5.63 Å². The van der Waals surface area contributed by atoms with Crippen LogP contribution in [0.2, 0.25) is 5.02 Å². The van der Waals surface area contributed by atoms with Crippen LogP contribution < -0.4 is 11.5 Å². The molecule has 4 rings (SSSR count). The largest absolute Gasteiger partial charge is 0.422 e. The van der Waals surface area contributed by atoms with Crippen molar-refractivity contribution in [1.29, 1.82) is 0 Å². The Balaban J connectivity index is 1.67. The maximum absolute atomic E-state index is 12.0. The highest BCUT2D eigenvalue weighted by Gasteiger charge is 2.16. The maximum Gasteiger partial charge on any atom is 0.336 e. The second-order valence-corrected chi connectivity index (χ2v) is 7.77. The second-order valence-electron chi connectivity index (χ2n) is 6.42. The van der Waals surface area contributed by atoms with E-state index in [-0.39, 0.29) is 5.63 Å². The Labute approximate surface area is 170 Å². The van der Waals surface area contributed by atoms with Gasteiger partial charge in [0, 0.05) is 22.8 Å². The van der Waals surface area contributed by atoms with Crippen molar-refractivity contribution < 1.29 is 4.42 Å². The van der Waals surface area contributed by atoms with Crippen LogP contribution in [0, 0.1) is 13.8 Å². The molecule has 4 aromatic rings. The summed E-state index contributed by atoms with van der Waals surface area (Å²) in [6.07, 6.45) is 0. The summed E-state index contributed by atoms with van der Waals surface area (Å²) in [6.45, 7) is 3.94. The number of aromatic nitrogens is 3. The molecule has 0 saturated carbocycles. The van der Waals surface area contributed by atoms with Crippen LogP contribution in [-0.4, -0.2) is 14.9 Å². The predicted molar refractivity (Wildman–Crippen MR) is 112 cm³/mol. The van der Waals surface area contributed by atoms with Crippen LogP contribution >= 0.6 is 23.4 Å². The first kappa shape index (κ1) is 18.6. The standard InChI is InChI=1S/C20H17ClN4O2S/c1-11-7-8-14-13(9-17(26)27-18(14)12(11)2)10-28-20-24-23-19(25(20)22)15-5-3-4-6-16(15)21/h3-9H,10,22H2,1-2H3. The molecule has 0 aliphatic heterocycles. The molecule has 0 aliphatic rings. The Hall–Kier alpha value is -2.77. The number of fused-ring (bicyclic) bond motifs is 1. The highest BCUT2D eigenvalue weighted by molar-refractivity contribution is 7.98. The molecular formula is C20H17ClN4O2S. The summed E-state index contributed by atoms with van der Waals surface area (Å²) in [7, 11) is 0. The Morgan fingerprint density at radius 1 is 1.18 bits per heavy atom. The van der Waals surface area contributed by atoms with Crippen LogP contribution in [0.25, 0.3) is 22.4 Å². The molecule has 0 radical (unpaired) electrons. The predicted octanol–water partition coefficient (Wildman–Crippen LogP) is 4.33. The van der Waals surface area contributed by atoms with Gasteiger partial charge in [-0.1, -0.05) is 47.6 Å². The zero-order valence-electron chi connectivity index (χ0n) is 15.3. The lowest BCUT2D eigenvalue weighted by molar-refractivity contribution is 0.557. The van der Waals surface area contributed by atoms with Crippen molar-refractivity contribution in [3.05, 3.63) is 74.6 Å². The summed E-state index contributed by atoms with van der Waals surface area (Å²) in [6, 6.07) is 12.8. The number of nitrogens with two attached hydrogens (primary N) is 1. The van der Waals surface area contributed by atoms with E-state index in [1.807, 2.05) is 44.2 Å². The Morgan fingerprint density at radius 2 is 1.96 bits per heavy atom. The van der Waals surface area contributed by atoms with Gasteiger partial charge < -0.3 is 10.3 Å². The summed E-state index contributed by atoms with van der Waals surface area (Å²) in [5.74, 6) is 7.17. The van der Waals surface area contributed by atoms with Crippen molar-refractivity contribution in [2.75, 3.05) is 5.84 Å². The molecule has 142 valence electrons.